The summed E-state index contributed by atoms with van der Waals surface area (Å²) in [5.74, 6) is 1.45. The van der Waals surface area contributed by atoms with Crippen LogP contribution in [-0.4, -0.2) is 37.0 Å². The lowest BCUT2D eigenvalue weighted by Gasteiger charge is -2.39. The molecule has 4 nitrogen and oxygen atoms in total. The number of benzene rings is 1. The van der Waals surface area contributed by atoms with E-state index < -0.39 is 0 Å². The Hall–Kier alpha value is -1.55. The Balaban J connectivity index is 2.06. The van der Waals surface area contributed by atoms with Gasteiger partial charge < -0.3 is 15.4 Å². The maximum atomic E-state index is 12.5. The number of nitrogens with two attached hydrogens (primary N) is 1. The molecule has 2 N–H and O–H groups in total. The van der Waals surface area contributed by atoms with Crippen molar-refractivity contribution in [2.45, 2.75) is 32.2 Å². The average molecular weight is 276 g/mol. The van der Waals surface area contributed by atoms with Crippen LogP contribution in [0.4, 0.5) is 0 Å². The van der Waals surface area contributed by atoms with Gasteiger partial charge in [-0.15, -0.1) is 0 Å². The van der Waals surface area contributed by atoms with Crippen LogP contribution in [0.1, 0.15) is 25.3 Å². The van der Waals surface area contributed by atoms with Gasteiger partial charge in [-0.3, -0.25) is 4.79 Å². The Morgan fingerprint density at radius 1 is 1.50 bits per heavy atom. The van der Waals surface area contributed by atoms with Gasteiger partial charge in [0.25, 0.3) is 0 Å². The number of carbonyl (C=O) groups excluding carboxylic acids is 1. The molecular weight excluding hydrogens is 252 g/mol. The molecule has 2 atom stereocenters. The first-order valence-corrected chi connectivity index (χ1v) is 7.28. The Bertz CT molecular complexity index is 462. The van der Waals surface area contributed by atoms with Crippen LogP contribution in [0.3, 0.4) is 0 Å². The average Bonchev–Trinajstić information content (AvgIpc) is 2.47. The fourth-order valence-corrected chi connectivity index (χ4v) is 2.98. The Kier molecular flexibility index (Phi) is 5.01. The molecule has 1 fully saturated rings. The highest BCUT2D eigenvalue weighted by atomic mass is 16.5. The zero-order valence-corrected chi connectivity index (χ0v) is 12.3. The van der Waals surface area contributed by atoms with Crippen molar-refractivity contribution in [2.75, 3.05) is 20.2 Å². The lowest BCUT2D eigenvalue weighted by atomic mass is 9.90. The molecule has 4 heteroatoms. The summed E-state index contributed by atoms with van der Waals surface area (Å²) in [6.07, 6.45) is 2.65. The van der Waals surface area contributed by atoms with Gasteiger partial charge in [-0.1, -0.05) is 19.1 Å². The zero-order valence-electron chi connectivity index (χ0n) is 12.3. The van der Waals surface area contributed by atoms with Gasteiger partial charge in [-0.05, 0) is 36.5 Å². The van der Waals surface area contributed by atoms with Crippen molar-refractivity contribution in [1.82, 2.24) is 4.90 Å². The molecule has 1 aromatic carbocycles. The highest BCUT2D eigenvalue weighted by Gasteiger charge is 2.30. The quantitative estimate of drug-likeness (QED) is 0.912. The molecule has 0 radical (unpaired) electrons. The van der Waals surface area contributed by atoms with E-state index in [1.54, 1.807) is 7.11 Å². The number of hydrogen-bond donors (Lipinski definition) is 1. The predicted octanol–water partition coefficient (Wildman–Crippen LogP) is 1.82. The summed E-state index contributed by atoms with van der Waals surface area (Å²) in [5, 5.41) is 0. The summed E-state index contributed by atoms with van der Waals surface area (Å²) in [7, 11) is 1.64. The number of likely N-dealkylation sites (tertiary alicyclic amines) is 1. The highest BCUT2D eigenvalue weighted by molar-refractivity contribution is 5.79. The van der Waals surface area contributed by atoms with Crippen LogP contribution >= 0.6 is 0 Å². The molecule has 2 rings (SSSR count). The van der Waals surface area contributed by atoms with E-state index in [1.165, 1.54) is 0 Å². The van der Waals surface area contributed by atoms with Crippen LogP contribution in [0.5, 0.6) is 5.75 Å². The third-order valence-corrected chi connectivity index (χ3v) is 4.17. The van der Waals surface area contributed by atoms with Crippen molar-refractivity contribution in [3.63, 3.8) is 0 Å². The topological polar surface area (TPSA) is 55.6 Å². The molecule has 1 aliphatic heterocycles. The van der Waals surface area contributed by atoms with Crippen molar-refractivity contribution in [3.05, 3.63) is 29.8 Å². The van der Waals surface area contributed by atoms with E-state index in [2.05, 4.69) is 6.92 Å². The molecule has 1 saturated heterocycles. The van der Waals surface area contributed by atoms with E-state index in [9.17, 15) is 4.79 Å². The Morgan fingerprint density at radius 3 is 3.00 bits per heavy atom. The van der Waals surface area contributed by atoms with Gasteiger partial charge in [0.2, 0.25) is 5.91 Å². The molecule has 20 heavy (non-hydrogen) atoms. The van der Waals surface area contributed by atoms with Crippen LogP contribution in [0, 0.1) is 5.92 Å². The van der Waals surface area contributed by atoms with E-state index in [1.807, 2.05) is 29.2 Å². The molecular formula is C16H24N2O2. The van der Waals surface area contributed by atoms with Gasteiger partial charge >= 0.3 is 0 Å². The smallest absolute Gasteiger partial charge is 0.227 e. The maximum absolute atomic E-state index is 12.5. The zero-order chi connectivity index (χ0) is 14.5. The summed E-state index contributed by atoms with van der Waals surface area (Å²) in [5.41, 5.74) is 6.84. The van der Waals surface area contributed by atoms with Crippen LogP contribution in [0.2, 0.25) is 0 Å². The van der Waals surface area contributed by atoms with Crippen molar-refractivity contribution in [2.24, 2.45) is 11.7 Å². The summed E-state index contributed by atoms with van der Waals surface area (Å²) in [4.78, 5) is 14.5. The van der Waals surface area contributed by atoms with Crippen LogP contribution in [-0.2, 0) is 11.2 Å². The fraction of sp³-hybridized carbons (Fsp3) is 0.562. The first-order chi connectivity index (χ1) is 9.65. The Morgan fingerprint density at radius 2 is 2.30 bits per heavy atom. The van der Waals surface area contributed by atoms with Gasteiger partial charge in [0.15, 0.2) is 0 Å². The third-order valence-electron chi connectivity index (χ3n) is 4.17. The number of ether oxygens (including phenoxy) is 1. The van der Waals surface area contributed by atoms with Gasteiger partial charge in [-0.25, -0.2) is 0 Å². The molecule has 0 aromatic heterocycles. The molecule has 0 bridgehead atoms. The minimum Gasteiger partial charge on any atom is -0.497 e. The maximum Gasteiger partial charge on any atom is 0.227 e. The van der Waals surface area contributed by atoms with Crippen molar-refractivity contribution < 1.29 is 9.53 Å². The van der Waals surface area contributed by atoms with Crippen molar-refractivity contribution in [1.29, 1.82) is 0 Å². The standard InChI is InChI=1S/C16H24N2O2/c1-12-5-4-8-18(15(12)11-17)16(19)10-13-6-3-7-14(9-13)20-2/h3,6-7,9,12,15H,4-5,8,10-11,17H2,1-2H3. The van der Waals surface area contributed by atoms with Gasteiger partial charge in [-0.2, -0.15) is 0 Å². The predicted molar refractivity (Wildman–Crippen MR) is 79.7 cm³/mol. The first kappa shape index (κ1) is 14.9. The lowest BCUT2D eigenvalue weighted by Crippen LogP contribution is -2.51. The SMILES string of the molecule is COc1cccc(CC(=O)N2CCCC(C)C2CN)c1. The molecule has 1 amide bonds. The first-order valence-electron chi connectivity index (χ1n) is 7.28. The molecule has 0 spiro atoms. The summed E-state index contributed by atoms with van der Waals surface area (Å²) in [6.45, 7) is 3.56. The number of methoxy groups -OCH3 is 1. The molecule has 1 aliphatic rings. The normalized spacial score (nSPS) is 22.6. The monoisotopic (exact) mass is 276 g/mol. The van der Waals surface area contributed by atoms with E-state index in [-0.39, 0.29) is 11.9 Å². The molecule has 0 aliphatic carbocycles. The largest absolute Gasteiger partial charge is 0.497 e. The van der Waals surface area contributed by atoms with Crippen LogP contribution in [0.15, 0.2) is 24.3 Å². The van der Waals surface area contributed by atoms with Crippen molar-refractivity contribution >= 4 is 5.91 Å². The van der Waals surface area contributed by atoms with Crippen molar-refractivity contribution in [3.8, 4) is 5.75 Å². The number of carbonyl (C=O) groups is 1. The molecule has 110 valence electrons. The number of amides is 1. The van der Waals surface area contributed by atoms with Gasteiger partial charge in [0.1, 0.15) is 5.75 Å². The van der Waals surface area contributed by atoms with E-state index in [0.717, 1.165) is 30.7 Å². The number of piperidine rings is 1. The minimum absolute atomic E-state index is 0.167. The van der Waals surface area contributed by atoms with E-state index in [0.29, 0.717) is 18.9 Å². The molecule has 2 unspecified atom stereocenters. The second kappa shape index (κ2) is 6.75. The van der Waals surface area contributed by atoms with Gasteiger partial charge in [0.05, 0.1) is 13.5 Å². The second-order valence-electron chi connectivity index (χ2n) is 5.54. The number of nitrogens with zero attached hydrogens (tertiary/aromatic N) is 1. The number of rotatable bonds is 4. The lowest BCUT2D eigenvalue weighted by molar-refractivity contribution is -0.135. The van der Waals surface area contributed by atoms with E-state index >= 15 is 0 Å². The molecule has 1 heterocycles. The summed E-state index contributed by atoms with van der Waals surface area (Å²) in [6, 6.07) is 7.87. The summed E-state index contributed by atoms with van der Waals surface area (Å²) < 4.78 is 5.20. The Labute approximate surface area is 120 Å². The van der Waals surface area contributed by atoms with Crippen LogP contribution in [0.25, 0.3) is 0 Å². The van der Waals surface area contributed by atoms with Gasteiger partial charge in [0, 0.05) is 19.1 Å². The minimum atomic E-state index is 0.167. The molecule has 1 aromatic rings. The second-order valence-corrected chi connectivity index (χ2v) is 5.54. The summed E-state index contributed by atoms with van der Waals surface area (Å²) >= 11 is 0. The highest BCUT2D eigenvalue weighted by Crippen LogP contribution is 2.23. The molecule has 0 saturated carbocycles. The third kappa shape index (κ3) is 3.31. The fourth-order valence-electron chi connectivity index (χ4n) is 2.98. The van der Waals surface area contributed by atoms with E-state index in [4.69, 9.17) is 10.5 Å². The number of hydrogen-bond acceptors (Lipinski definition) is 3. The van der Waals surface area contributed by atoms with Crippen LogP contribution < -0.4 is 10.5 Å².